The number of carbonyl (C=O) groups is 1. The first-order valence-corrected chi connectivity index (χ1v) is 10.4. The van der Waals surface area contributed by atoms with Crippen molar-refractivity contribution < 1.29 is 4.79 Å². The first kappa shape index (κ1) is 18.0. The van der Waals surface area contributed by atoms with Gasteiger partial charge in [0.15, 0.2) is 10.9 Å². The molecule has 0 fully saturated rings. The lowest BCUT2D eigenvalue weighted by Crippen LogP contribution is -2.32. The maximum absolute atomic E-state index is 13.0. The van der Waals surface area contributed by atoms with E-state index in [1.165, 1.54) is 0 Å². The van der Waals surface area contributed by atoms with Crippen molar-refractivity contribution in [3.63, 3.8) is 0 Å². The number of fused-ring (bicyclic) bond motifs is 1. The number of anilines is 1. The minimum absolute atomic E-state index is 0.126. The van der Waals surface area contributed by atoms with E-state index in [2.05, 4.69) is 24.1 Å². The minimum atomic E-state index is -0.357. The van der Waals surface area contributed by atoms with Crippen molar-refractivity contribution in [1.82, 2.24) is 9.97 Å². The summed E-state index contributed by atoms with van der Waals surface area (Å²) in [6.07, 6.45) is 3.17. The third-order valence-corrected chi connectivity index (χ3v) is 6.41. The lowest BCUT2D eigenvalue weighted by molar-refractivity contribution is -0.116. The molecule has 0 radical (unpaired) electrons. The molecule has 0 saturated carbocycles. The van der Waals surface area contributed by atoms with Gasteiger partial charge in [-0.1, -0.05) is 55.9 Å². The second-order valence-electron chi connectivity index (χ2n) is 7.11. The first-order chi connectivity index (χ1) is 13.1. The number of benzene rings is 1. The molecular weight excluding hydrogens is 358 g/mol. The number of carbonyl (C=O) groups excluding carboxylic acids is 1. The Hall–Kier alpha value is -2.34. The zero-order valence-electron chi connectivity index (χ0n) is 15.5. The molecule has 0 spiro atoms. The number of allylic oxidation sites excluding steroid dienone is 2. The van der Waals surface area contributed by atoms with Crippen LogP contribution in [0.3, 0.4) is 0 Å². The molecule has 1 aromatic heterocycles. The van der Waals surface area contributed by atoms with Crippen molar-refractivity contribution in [1.29, 1.82) is 0 Å². The zero-order chi connectivity index (χ0) is 19.0. The van der Waals surface area contributed by atoms with E-state index in [9.17, 15) is 9.59 Å². The molecular formula is C21H23N3O2S. The summed E-state index contributed by atoms with van der Waals surface area (Å²) < 4.78 is 0. The summed E-state index contributed by atoms with van der Waals surface area (Å²) in [6, 6.07) is 9.79. The van der Waals surface area contributed by atoms with E-state index in [4.69, 9.17) is 4.98 Å². The molecule has 0 amide bonds. The largest absolute Gasteiger partial charge is 0.343 e. The van der Waals surface area contributed by atoms with Crippen molar-refractivity contribution in [2.24, 2.45) is 0 Å². The van der Waals surface area contributed by atoms with E-state index in [1.807, 2.05) is 30.3 Å². The predicted molar refractivity (Wildman–Crippen MR) is 108 cm³/mol. The van der Waals surface area contributed by atoms with Crippen LogP contribution in [0, 0.1) is 0 Å². The molecule has 5 nitrogen and oxygen atoms in total. The fourth-order valence-corrected chi connectivity index (χ4v) is 4.59. The van der Waals surface area contributed by atoms with E-state index in [0.29, 0.717) is 28.2 Å². The van der Waals surface area contributed by atoms with Gasteiger partial charge in [0.1, 0.15) is 5.82 Å². The summed E-state index contributed by atoms with van der Waals surface area (Å²) >= 11 is 1.57. The molecule has 2 aliphatic rings. The zero-order valence-corrected chi connectivity index (χ0v) is 16.4. The van der Waals surface area contributed by atoms with Crippen molar-refractivity contribution in [3.05, 3.63) is 63.1 Å². The van der Waals surface area contributed by atoms with Crippen LogP contribution in [0.25, 0.3) is 0 Å². The number of thioether (sulfide) groups is 1. The lowest BCUT2D eigenvalue weighted by atomic mass is 9.76. The van der Waals surface area contributed by atoms with E-state index >= 15 is 0 Å². The van der Waals surface area contributed by atoms with Crippen molar-refractivity contribution in [2.45, 2.75) is 55.9 Å². The van der Waals surface area contributed by atoms with Gasteiger partial charge in [0.25, 0.3) is 5.56 Å². The monoisotopic (exact) mass is 381 g/mol. The third kappa shape index (κ3) is 3.34. The normalized spacial score (nSPS) is 19.9. The molecule has 140 valence electrons. The molecule has 1 aliphatic carbocycles. The maximum atomic E-state index is 13.0. The maximum Gasteiger partial charge on any atom is 0.257 e. The number of H-pyrrole nitrogens is 1. The fourth-order valence-electron chi connectivity index (χ4n) is 3.75. The number of aromatic nitrogens is 2. The van der Waals surface area contributed by atoms with Crippen LogP contribution in [-0.2, 0) is 4.79 Å². The standard InChI is InChI=1S/C21H23N3O2S/c1-3-12(2)27-21-23-19-18(20(26)24-21)16(13-8-5-4-6-9-13)17-14(22-19)10-7-11-15(17)25/h4-6,8-9,12,16H,3,7,10-11H2,1-2H3,(H2,22,23,24,26)/t12-,16-/m1/s1. The van der Waals surface area contributed by atoms with Crippen molar-refractivity contribution >= 4 is 23.4 Å². The fraction of sp³-hybridized carbons (Fsp3) is 0.381. The molecule has 27 heavy (non-hydrogen) atoms. The topological polar surface area (TPSA) is 74.8 Å². The van der Waals surface area contributed by atoms with E-state index in [1.54, 1.807) is 11.8 Å². The second kappa shape index (κ2) is 7.35. The van der Waals surface area contributed by atoms with Crippen LogP contribution < -0.4 is 10.9 Å². The second-order valence-corrected chi connectivity index (χ2v) is 8.53. The Bertz CT molecular complexity index is 965. The molecule has 0 saturated heterocycles. The summed E-state index contributed by atoms with van der Waals surface area (Å²) in [6.45, 7) is 4.23. The molecule has 2 aromatic rings. The summed E-state index contributed by atoms with van der Waals surface area (Å²) in [7, 11) is 0. The van der Waals surface area contributed by atoms with Gasteiger partial charge in [-0.15, -0.1) is 0 Å². The van der Waals surface area contributed by atoms with Crippen LogP contribution >= 0.6 is 11.8 Å². The van der Waals surface area contributed by atoms with E-state index in [0.717, 1.165) is 36.1 Å². The predicted octanol–water partition coefficient (Wildman–Crippen LogP) is 4.23. The Morgan fingerprint density at radius 1 is 1.22 bits per heavy atom. The summed E-state index contributed by atoms with van der Waals surface area (Å²) in [5, 5.41) is 4.31. The number of nitrogens with zero attached hydrogens (tertiary/aromatic N) is 1. The van der Waals surface area contributed by atoms with Crippen molar-refractivity contribution in [3.8, 4) is 0 Å². The quantitative estimate of drug-likeness (QED) is 0.612. The van der Waals surface area contributed by atoms with Gasteiger partial charge in [0, 0.05) is 28.9 Å². The highest BCUT2D eigenvalue weighted by molar-refractivity contribution is 7.99. The lowest BCUT2D eigenvalue weighted by Gasteiger charge is -2.32. The van der Waals surface area contributed by atoms with Gasteiger partial charge in [-0.3, -0.25) is 9.59 Å². The number of rotatable bonds is 4. The molecule has 2 N–H and O–H groups in total. The average molecular weight is 382 g/mol. The highest BCUT2D eigenvalue weighted by Crippen LogP contribution is 2.43. The third-order valence-electron chi connectivity index (χ3n) is 5.26. The Morgan fingerprint density at radius 2 is 2.00 bits per heavy atom. The van der Waals surface area contributed by atoms with E-state index < -0.39 is 0 Å². The van der Waals surface area contributed by atoms with Gasteiger partial charge >= 0.3 is 0 Å². The number of hydrogen-bond donors (Lipinski definition) is 2. The Morgan fingerprint density at radius 3 is 2.74 bits per heavy atom. The first-order valence-electron chi connectivity index (χ1n) is 9.47. The Kier molecular flexibility index (Phi) is 4.91. The molecule has 1 aromatic carbocycles. The number of hydrogen-bond acceptors (Lipinski definition) is 5. The highest BCUT2D eigenvalue weighted by Gasteiger charge is 2.37. The summed E-state index contributed by atoms with van der Waals surface area (Å²) in [4.78, 5) is 33.4. The molecule has 0 bridgehead atoms. The van der Waals surface area contributed by atoms with Gasteiger partial charge in [-0.25, -0.2) is 4.98 Å². The van der Waals surface area contributed by atoms with Gasteiger partial charge in [-0.2, -0.15) is 0 Å². The van der Waals surface area contributed by atoms with Gasteiger partial charge in [0.05, 0.1) is 5.56 Å². The van der Waals surface area contributed by atoms with Gasteiger partial charge in [0.2, 0.25) is 0 Å². The van der Waals surface area contributed by atoms with Crippen LogP contribution in [-0.4, -0.2) is 21.0 Å². The number of nitrogens with one attached hydrogen (secondary N) is 2. The minimum Gasteiger partial charge on any atom is -0.343 e. The van der Waals surface area contributed by atoms with Crippen LogP contribution in [0.5, 0.6) is 0 Å². The van der Waals surface area contributed by atoms with Crippen LogP contribution in [0.1, 0.15) is 56.6 Å². The smallest absolute Gasteiger partial charge is 0.257 e. The van der Waals surface area contributed by atoms with E-state index in [-0.39, 0.29) is 17.3 Å². The molecule has 6 heteroatoms. The molecule has 4 rings (SSSR count). The van der Waals surface area contributed by atoms with Gasteiger partial charge < -0.3 is 10.3 Å². The number of aromatic amines is 1. The van der Waals surface area contributed by atoms with Crippen molar-refractivity contribution in [2.75, 3.05) is 5.32 Å². The Labute approximate surface area is 162 Å². The summed E-state index contributed by atoms with van der Waals surface area (Å²) in [5.74, 6) is 0.358. The number of ketones is 1. The van der Waals surface area contributed by atoms with Gasteiger partial charge in [-0.05, 0) is 24.8 Å². The molecule has 2 heterocycles. The molecule has 2 atom stereocenters. The average Bonchev–Trinajstić information content (AvgIpc) is 2.67. The molecule has 0 unspecified atom stereocenters. The summed E-state index contributed by atoms with van der Waals surface area (Å²) in [5.41, 5.74) is 2.98. The number of Topliss-reactive ketones (excluding diaryl/α,β-unsaturated/α-hetero) is 1. The van der Waals surface area contributed by atoms with Crippen LogP contribution in [0.15, 0.2) is 51.6 Å². The Balaban J connectivity index is 1.88. The van der Waals surface area contributed by atoms with Crippen LogP contribution in [0.2, 0.25) is 0 Å². The highest BCUT2D eigenvalue weighted by atomic mass is 32.2. The van der Waals surface area contributed by atoms with Crippen LogP contribution in [0.4, 0.5) is 5.82 Å². The molecule has 1 aliphatic heterocycles. The SMILES string of the molecule is CC[C@@H](C)Sc1nc2c(c(=O)[nH]1)[C@H](c1ccccc1)C1=C(CCCC1=O)N2.